The lowest BCUT2D eigenvalue weighted by atomic mass is 10.0. The molecule has 0 bridgehead atoms. The smallest absolute Gasteiger partial charge is 0.252 e. The summed E-state index contributed by atoms with van der Waals surface area (Å²) >= 11 is 0. The molecule has 0 spiro atoms. The molecule has 5 rings (SSSR count). The maximum atomic E-state index is 12.1. The van der Waals surface area contributed by atoms with Crippen molar-refractivity contribution in [2.24, 2.45) is 0 Å². The number of H-pyrrole nitrogens is 1. The van der Waals surface area contributed by atoms with Crippen molar-refractivity contribution in [1.82, 2.24) is 25.5 Å². The van der Waals surface area contributed by atoms with Gasteiger partial charge in [-0.1, -0.05) is 18.2 Å². The number of rotatable bonds is 4. The van der Waals surface area contributed by atoms with Crippen LogP contribution in [0.15, 0.2) is 42.5 Å². The lowest BCUT2D eigenvalue weighted by molar-refractivity contribution is 0.0958. The number of aryl methyl sites for hydroxylation is 4. The van der Waals surface area contributed by atoms with Crippen molar-refractivity contribution in [3.05, 3.63) is 76.0 Å². The molecule has 7 nitrogen and oxygen atoms in total. The third-order valence-corrected chi connectivity index (χ3v) is 6.31. The molecular weight excluding hydrogens is 412 g/mol. The Kier molecular flexibility index (Phi) is 4.96. The van der Waals surface area contributed by atoms with Gasteiger partial charge in [-0.3, -0.25) is 14.9 Å². The van der Waals surface area contributed by atoms with Crippen LogP contribution in [0.3, 0.4) is 0 Å². The van der Waals surface area contributed by atoms with E-state index in [0.717, 1.165) is 50.5 Å². The standard InChI is InChI=1S/C26H26N6O/c1-13-6-9-22(27-16(13)4)19-8-7-18(10-14(19)2)24-30-26(32-31-24)29-23-12-20-17(5)28-25(33)21(20)11-15(23)3/h6-12,17H,1-5H3,(H,28,33)(H2,29,30,31,32). The summed E-state index contributed by atoms with van der Waals surface area (Å²) in [6.45, 7) is 10.1. The van der Waals surface area contributed by atoms with Crippen molar-refractivity contribution in [2.45, 2.75) is 40.7 Å². The molecule has 7 heteroatoms. The first-order valence-corrected chi connectivity index (χ1v) is 11.0. The van der Waals surface area contributed by atoms with E-state index in [1.165, 1.54) is 5.56 Å². The third-order valence-electron chi connectivity index (χ3n) is 6.31. The third kappa shape index (κ3) is 3.75. The number of hydrogen-bond donors (Lipinski definition) is 3. The molecule has 1 atom stereocenters. The van der Waals surface area contributed by atoms with Gasteiger partial charge in [0.25, 0.3) is 5.91 Å². The van der Waals surface area contributed by atoms with E-state index in [1.807, 2.05) is 39.0 Å². The van der Waals surface area contributed by atoms with E-state index in [9.17, 15) is 4.79 Å². The van der Waals surface area contributed by atoms with Crippen LogP contribution < -0.4 is 10.6 Å². The summed E-state index contributed by atoms with van der Waals surface area (Å²) in [6.07, 6.45) is 0. The maximum Gasteiger partial charge on any atom is 0.252 e. The fraction of sp³-hybridized carbons (Fsp3) is 0.231. The first-order chi connectivity index (χ1) is 15.8. The average Bonchev–Trinajstić information content (AvgIpc) is 3.35. The molecule has 166 valence electrons. The number of aromatic nitrogens is 4. The molecule has 3 N–H and O–H groups in total. The van der Waals surface area contributed by atoms with Crippen molar-refractivity contribution in [1.29, 1.82) is 0 Å². The van der Waals surface area contributed by atoms with E-state index in [0.29, 0.717) is 11.8 Å². The first-order valence-electron chi connectivity index (χ1n) is 11.0. The topological polar surface area (TPSA) is 95.6 Å². The molecule has 1 aliphatic rings. The van der Waals surface area contributed by atoms with Gasteiger partial charge in [-0.2, -0.15) is 4.98 Å². The van der Waals surface area contributed by atoms with Gasteiger partial charge in [0, 0.05) is 28.1 Å². The molecule has 0 fully saturated rings. The lowest BCUT2D eigenvalue weighted by Gasteiger charge is -2.10. The molecule has 2 aromatic carbocycles. The molecule has 1 aliphatic heterocycles. The Morgan fingerprint density at radius 2 is 1.70 bits per heavy atom. The van der Waals surface area contributed by atoms with Crippen molar-refractivity contribution < 1.29 is 4.79 Å². The molecule has 0 saturated heterocycles. The number of carbonyl (C=O) groups excluding carboxylic acids is 1. The summed E-state index contributed by atoms with van der Waals surface area (Å²) in [5.41, 5.74) is 9.93. The van der Waals surface area contributed by atoms with Gasteiger partial charge in [-0.15, -0.1) is 5.10 Å². The number of carbonyl (C=O) groups is 1. The Labute approximate surface area is 192 Å². The van der Waals surface area contributed by atoms with Crippen LogP contribution in [-0.2, 0) is 0 Å². The van der Waals surface area contributed by atoms with Crippen LogP contribution in [0, 0.1) is 27.7 Å². The summed E-state index contributed by atoms with van der Waals surface area (Å²) in [4.78, 5) is 21.4. The maximum absolute atomic E-state index is 12.1. The zero-order chi connectivity index (χ0) is 23.3. The van der Waals surface area contributed by atoms with E-state index < -0.39 is 0 Å². The molecule has 0 saturated carbocycles. The van der Waals surface area contributed by atoms with Crippen LogP contribution in [0.4, 0.5) is 11.6 Å². The summed E-state index contributed by atoms with van der Waals surface area (Å²) in [7, 11) is 0. The fourth-order valence-electron chi connectivity index (χ4n) is 4.21. The van der Waals surface area contributed by atoms with E-state index in [4.69, 9.17) is 4.98 Å². The monoisotopic (exact) mass is 438 g/mol. The Morgan fingerprint density at radius 1 is 0.879 bits per heavy atom. The second-order valence-corrected chi connectivity index (χ2v) is 8.71. The largest absolute Gasteiger partial charge is 0.345 e. The average molecular weight is 439 g/mol. The highest BCUT2D eigenvalue weighted by Gasteiger charge is 2.26. The predicted octanol–water partition coefficient (Wildman–Crippen LogP) is 5.32. The van der Waals surface area contributed by atoms with E-state index in [-0.39, 0.29) is 11.9 Å². The van der Waals surface area contributed by atoms with Crippen LogP contribution in [-0.4, -0.2) is 26.1 Å². The number of nitrogens with zero attached hydrogens (tertiary/aromatic N) is 3. The van der Waals surface area contributed by atoms with Gasteiger partial charge in [0.1, 0.15) is 0 Å². The lowest BCUT2D eigenvalue weighted by Crippen LogP contribution is -2.16. The summed E-state index contributed by atoms with van der Waals surface area (Å²) in [5, 5.41) is 13.6. The van der Waals surface area contributed by atoms with Crippen LogP contribution in [0.25, 0.3) is 22.6 Å². The normalized spacial score (nSPS) is 14.8. The summed E-state index contributed by atoms with van der Waals surface area (Å²) in [6, 6.07) is 14.3. The minimum Gasteiger partial charge on any atom is -0.345 e. The summed E-state index contributed by atoms with van der Waals surface area (Å²) in [5.74, 6) is 1.14. The predicted molar refractivity (Wildman–Crippen MR) is 130 cm³/mol. The SMILES string of the molecule is Cc1cc2c(cc1Nc1n[nH]c(-c3ccc(-c4ccc(C)c(C)n4)c(C)c3)n1)C(C)NC2=O. The number of aromatic amines is 1. The highest BCUT2D eigenvalue weighted by Crippen LogP contribution is 2.32. The van der Waals surface area contributed by atoms with Crippen LogP contribution in [0.5, 0.6) is 0 Å². The van der Waals surface area contributed by atoms with Crippen molar-refractivity contribution in [3.63, 3.8) is 0 Å². The van der Waals surface area contributed by atoms with Gasteiger partial charge in [0.05, 0.1) is 11.7 Å². The second kappa shape index (κ2) is 7.85. The van der Waals surface area contributed by atoms with Crippen LogP contribution in [0.1, 0.15) is 51.3 Å². The molecule has 3 heterocycles. The van der Waals surface area contributed by atoms with Gasteiger partial charge in [-0.05, 0) is 81.1 Å². The van der Waals surface area contributed by atoms with Crippen LogP contribution in [0.2, 0.25) is 0 Å². The van der Waals surface area contributed by atoms with Gasteiger partial charge in [-0.25, -0.2) is 0 Å². The summed E-state index contributed by atoms with van der Waals surface area (Å²) < 4.78 is 0. The number of pyridine rings is 1. The Balaban J connectivity index is 1.40. The Morgan fingerprint density at radius 3 is 2.45 bits per heavy atom. The molecule has 4 aromatic rings. The quantitative estimate of drug-likeness (QED) is 0.401. The second-order valence-electron chi connectivity index (χ2n) is 8.71. The van der Waals surface area contributed by atoms with E-state index in [1.54, 1.807) is 0 Å². The molecular formula is C26H26N6O. The molecule has 1 amide bonds. The fourth-order valence-corrected chi connectivity index (χ4v) is 4.21. The Hall–Kier alpha value is -4.00. The highest BCUT2D eigenvalue weighted by atomic mass is 16.2. The number of anilines is 2. The number of nitrogens with one attached hydrogen (secondary N) is 3. The van der Waals surface area contributed by atoms with Gasteiger partial charge in [0.2, 0.25) is 5.95 Å². The molecule has 33 heavy (non-hydrogen) atoms. The van der Waals surface area contributed by atoms with Crippen molar-refractivity contribution >= 4 is 17.5 Å². The number of benzene rings is 2. The number of amides is 1. The van der Waals surface area contributed by atoms with Crippen LogP contribution >= 0.6 is 0 Å². The molecule has 1 unspecified atom stereocenters. The minimum atomic E-state index is -0.0258. The van der Waals surface area contributed by atoms with Crippen molar-refractivity contribution in [2.75, 3.05) is 5.32 Å². The first kappa shape index (κ1) is 20.9. The van der Waals surface area contributed by atoms with Gasteiger partial charge in [0.15, 0.2) is 5.82 Å². The minimum absolute atomic E-state index is 0.00958. The van der Waals surface area contributed by atoms with Gasteiger partial charge < -0.3 is 10.6 Å². The molecule has 0 aliphatic carbocycles. The zero-order valence-corrected chi connectivity index (χ0v) is 19.4. The Bertz CT molecular complexity index is 1400. The molecule has 2 aromatic heterocycles. The number of hydrogen-bond acceptors (Lipinski definition) is 5. The molecule has 0 radical (unpaired) electrons. The highest BCUT2D eigenvalue weighted by molar-refractivity contribution is 6.00. The van der Waals surface area contributed by atoms with E-state index >= 15 is 0 Å². The van der Waals surface area contributed by atoms with Crippen molar-refractivity contribution in [3.8, 4) is 22.6 Å². The van der Waals surface area contributed by atoms with Gasteiger partial charge >= 0.3 is 0 Å². The zero-order valence-electron chi connectivity index (χ0n) is 19.4. The van der Waals surface area contributed by atoms with E-state index in [2.05, 4.69) is 63.9 Å². The number of fused-ring (bicyclic) bond motifs is 1.